The Kier molecular flexibility index (Phi) is 9.17. The van der Waals surface area contributed by atoms with Gasteiger partial charge in [-0.25, -0.2) is 4.79 Å². The molecule has 150 valence electrons. The Hall–Kier alpha value is -2.18. The van der Waals surface area contributed by atoms with Gasteiger partial charge in [-0.2, -0.15) is 0 Å². The molecule has 28 heavy (non-hydrogen) atoms. The molecular weight excluding hydrogens is 396 g/mol. The van der Waals surface area contributed by atoms with Crippen LogP contribution in [0.5, 0.6) is 0 Å². The van der Waals surface area contributed by atoms with Crippen LogP contribution in [0.25, 0.3) is 0 Å². The van der Waals surface area contributed by atoms with E-state index in [0.29, 0.717) is 18.0 Å². The van der Waals surface area contributed by atoms with Gasteiger partial charge in [-0.3, -0.25) is 4.79 Å². The van der Waals surface area contributed by atoms with Crippen molar-refractivity contribution in [2.75, 3.05) is 6.54 Å². The van der Waals surface area contributed by atoms with Crippen LogP contribution in [0, 0.1) is 0 Å². The van der Waals surface area contributed by atoms with Crippen LogP contribution in [0.15, 0.2) is 54.6 Å². The van der Waals surface area contributed by atoms with Crippen molar-refractivity contribution >= 4 is 35.4 Å². The predicted octanol–water partition coefficient (Wildman–Crippen LogP) is 4.39. The molecule has 0 aromatic heterocycles. The van der Waals surface area contributed by atoms with E-state index >= 15 is 0 Å². The van der Waals surface area contributed by atoms with Gasteiger partial charge in [0.1, 0.15) is 6.61 Å². The molecule has 0 bridgehead atoms. The van der Waals surface area contributed by atoms with Crippen molar-refractivity contribution in [3.05, 3.63) is 70.7 Å². The number of hydrogen-bond donors (Lipinski definition) is 2. The van der Waals surface area contributed by atoms with Crippen LogP contribution in [0.4, 0.5) is 4.79 Å². The molecule has 2 rings (SSSR count). The molecular formula is C21H25ClN2O3S. The molecule has 0 aliphatic rings. The molecule has 2 aromatic carbocycles. The van der Waals surface area contributed by atoms with Gasteiger partial charge in [0.15, 0.2) is 5.37 Å². The van der Waals surface area contributed by atoms with E-state index in [1.807, 2.05) is 68.4 Å². The second kappa shape index (κ2) is 11.6. The van der Waals surface area contributed by atoms with Gasteiger partial charge >= 0.3 is 6.09 Å². The lowest BCUT2D eigenvalue weighted by Gasteiger charge is -2.19. The number of rotatable bonds is 9. The molecule has 0 saturated heterocycles. The Balaban J connectivity index is 1.83. The summed E-state index contributed by atoms with van der Waals surface area (Å²) in [7, 11) is 0. The number of amides is 2. The molecule has 1 atom stereocenters. The van der Waals surface area contributed by atoms with Crippen molar-refractivity contribution in [2.24, 2.45) is 0 Å². The molecule has 0 spiro atoms. The highest BCUT2D eigenvalue weighted by Crippen LogP contribution is 2.16. The number of thioether (sulfide) groups is 1. The minimum absolute atomic E-state index is 0.155. The average molecular weight is 421 g/mol. The fourth-order valence-corrected chi connectivity index (χ4v) is 3.55. The SMILES string of the molecule is CC(C)SC(NC(=O)OCc1ccccc1)C(=O)NCCc1cccc(Cl)c1. The summed E-state index contributed by atoms with van der Waals surface area (Å²) < 4.78 is 5.22. The molecule has 2 amide bonds. The van der Waals surface area contributed by atoms with E-state index in [1.165, 1.54) is 11.8 Å². The van der Waals surface area contributed by atoms with Gasteiger partial charge in [0.05, 0.1) is 0 Å². The second-order valence-electron chi connectivity index (χ2n) is 6.44. The molecule has 0 fully saturated rings. The Labute approximate surface area is 175 Å². The average Bonchev–Trinajstić information content (AvgIpc) is 2.66. The van der Waals surface area contributed by atoms with Crippen molar-refractivity contribution in [3.8, 4) is 0 Å². The zero-order valence-corrected chi connectivity index (χ0v) is 17.6. The topological polar surface area (TPSA) is 67.4 Å². The first-order chi connectivity index (χ1) is 13.4. The number of halogens is 1. The highest BCUT2D eigenvalue weighted by Gasteiger charge is 2.23. The van der Waals surface area contributed by atoms with Crippen molar-refractivity contribution in [1.82, 2.24) is 10.6 Å². The first-order valence-corrected chi connectivity index (χ1v) is 10.4. The summed E-state index contributed by atoms with van der Waals surface area (Å²) in [5, 5.41) is 5.62. The molecule has 2 N–H and O–H groups in total. The van der Waals surface area contributed by atoms with Crippen LogP contribution < -0.4 is 10.6 Å². The highest BCUT2D eigenvalue weighted by molar-refractivity contribution is 8.01. The van der Waals surface area contributed by atoms with Crippen molar-refractivity contribution < 1.29 is 14.3 Å². The van der Waals surface area contributed by atoms with Crippen LogP contribution >= 0.6 is 23.4 Å². The molecule has 0 saturated carbocycles. The summed E-state index contributed by atoms with van der Waals surface area (Å²) in [6, 6.07) is 16.9. The maximum absolute atomic E-state index is 12.5. The number of nitrogens with one attached hydrogen (secondary N) is 2. The largest absolute Gasteiger partial charge is 0.445 e. The number of carbonyl (C=O) groups is 2. The van der Waals surface area contributed by atoms with E-state index in [1.54, 1.807) is 0 Å². The monoisotopic (exact) mass is 420 g/mol. The number of alkyl carbamates (subject to hydrolysis) is 1. The molecule has 1 unspecified atom stereocenters. The zero-order chi connectivity index (χ0) is 20.4. The third-order valence-corrected chi connectivity index (χ3v) is 5.09. The third-order valence-electron chi connectivity index (χ3n) is 3.71. The van der Waals surface area contributed by atoms with Gasteiger partial charge < -0.3 is 15.4 Å². The number of carbonyl (C=O) groups excluding carboxylic acids is 2. The van der Waals surface area contributed by atoms with Gasteiger partial charge in [-0.15, -0.1) is 11.8 Å². The van der Waals surface area contributed by atoms with Crippen molar-refractivity contribution in [1.29, 1.82) is 0 Å². The van der Waals surface area contributed by atoms with Gasteiger partial charge in [0.2, 0.25) is 0 Å². The van der Waals surface area contributed by atoms with Crippen LogP contribution in [-0.2, 0) is 22.6 Å². The Morgan fingerprint density at radius 3 is 2.46 bits per heavy atom. The van der Waals surface area contributed by atoms with Gasteiger partial charge in [-0.1, -0.05) is 67.9 Å². The van der Waals surface area contributed by atoms with E-state index in [2.05, 4.69) is 10.6 Å². The van der Waals surface area contributed by atoms with E-state index < -0.39 is 11.5 Å². The van der Waals surface area contributed by atoms with E-state index in [4.69, 9.17) is 16.3 Å². The lowest BCUT2D eigenvalue weighted by molar-refractivity contribution is -0.121. The molecule has 0 radical (unpaired) electrons. The third kappa shape index (κ3) is 8.23. The summed E-state index contributed by atoms with van der Waals surface area (Å²) >= 11 is 7.33. The second-order valence-corrected chi connectivity index (χ2v) is 8.56. The smallest absolute Gasteiger partial charge is 0.408 e. The summed E-state index contributed by atoms with van der Waals surface area (Å²) in [6.45, 7) is 4.54. The van der Waals surface area contributed by atoms with Crippen LogP contribution in [0.3, 0.4) is 0 Å². The maximum atomic E-state index is 12.5. The fourth-order valence-electron chi connectivity index (χ4n) is 2.42. The standard InChI is InChI=1S/C21H25ClN2O3S/c1-15(2)28-20(24-21(26)27-14-17-7-4-3-5-8-17)19(25)23-12-11-16-9-6-10-18(22)13-16/h3-10,13,15,20H,11-12,14H2,1-2H3,(H,23,25)(H,24,26). The Morgan fingerprint density at radius 2 is 1.79 bits per heavy atom. The summed E-state index contributed by atoms with van der Waals surface area (Å²) in [6.07, 6.45) is 0.0380. The Bertz CT molecular complexity index is 771. The van der Waals surface area contributed by atoms with E-state index in [9.17, 15) is 9.59 Å². The van der Waals surface area contributed by atoms with Crippen LogP contribution in [-0.4, -0.2) is 29.2 Å². The molecule has 0 aliphatic carbocycles. The van der Waals surface area contributed by atoms with Crippen LogP contribution in [0.2, 0.25) is 5.02 Å². The molecule has 0 aliphatic heterocycles. The lowest BCUT2D eigenvalue weighted by atomic mass is 10.1. The van der Waals surface area contributed by atoms with Crippen LogP contribution in [0.1, 0.15) is 25.0 Å². The molecule has 2 aromatic rings. The van der Waals surface area contributed by atoms with E-state index in [0.717, 1.165) is 11.1 Å². The first-order valence-electron chi connectivity index (χ1n) is 9.09. The minimum Gasteiger partial charge on any atom is -0.445 e. The maximum Gasteiger partial charge on any atom is 0.408 e. The molecule has 7 heteroatoms. The summed E-state index contributed by atoms with van der Waals surface area (Å²) in [5.41, 5.74) is 1.92. The predicted molar refractivity (Wildman–Crippen MR) is 114 cm³/mol. The summed E-state index contributed by atoms with van der Waals surface area (Å²) in [5.74, 6) is -0.252. The number of hydrogen-bond acceptors (Lipinski definition) is 4. The lowest BCUT2D eigenvalue weighted by Crippen LogP contribution is -2.46. The first kappa shape index (κ1) is 22.1. The number of benzene rings is 2. The molecule has 5 nitrogen and oxygen atoms in total. The Morgan fingerprint density at radius 1 is 1.07 bits per heavy atom. The van der Waals surface area contributed by atoms with Gasteiger partial charge in [-0.05, 0) is 29.7 Å². The van der Waals surface area contributed by atoms with Crippen molar-refractivity contribution in [2.45, 2.75) is 37.5 Å². The van der Waals surface area contributed by atoms with Crippen molar-refractivity contribution in [3.63, 3.8) is 0 Å². The summed E-state index contributed by atoms with van der Waals surface area (Å²) in [4.78, 5) is 24.6. The minimum atomic E-state index is -0.720. The fraction of sp³-hybridized carbons (Fsp3) is 0.333. The normalized spacial score (nSPS) is 11.7. The van der Waals surface area contributed by atoms with Gasteiger partial charge in [0.25, 0.3) is 5.91 Å². The highest BCUT2D eigenvalue weighted by atomic mass is 35.5. The van der Waals surface area contributed by atoms with Gasteiger partial charge in [0, 0.05) is 16.8 Å². The zero-order valence-electron chi connectivity index (χ0n) is 16.0. The quantitative estimate of drug-likeness (QED) is 0.590. The van der Waals surface area contributed by atoms with E-state index in [-0.39, 0.29) is 17.8 Å². The number of ether oxygens (including phenoxy) is 1. The molecule has 0 heterocycles.